The zero-order chi connectivity index (χ0) is 19.9. The zero-order valence-electron chi connectivity index (χ0n) is 15.6. The summed E-state index contributed by atoms with van der Waals surface area (Å²) in [5.41, 5.74) is 5.24. The number of nitrogens with one attached hydrogen (secondary N) is 1. The largest absolute Gasteiger partial charge is 0.302 e. The third-order valence-electron chi connectivity index (χ3n) is 4.01. The number of carbonyl (C=O) groups is 1. The lowest BCUT2D eigenvalue weighted by Gasteiger charge is -2.07. The molecule has 0 radical (unpaired) electrons. The molecule has 2 aromatic carbocycles. The van der Waals surface area contributed by atoms with Gasteiger partial charge in [-0.2, -0.15) is 5.10 Å². The minimum atomic E-state index is -0.195. The molecule has 0 aliphatic rings. The highest BCUT2D eigenvalue weighted by molar-refractivity contribution is 7.99. The minimum absolute atomic E-state index is 0.195. The Bertz CT molecular complexity index is 970. The molecule has 3 aromatic rings. The van der Waals surface area contributed by atoms with Crippen molar-refractivity contribution in [3.63, 3.8) is 0 Å². The number of hydrogen-bond donors (Lipinski definition) is 1. The quantitative estimate of drug-likeness (QED) is 0.357. The normalized spacial score (nSPS) is 11.5. The molecule has 28 heavy (non-hydrogen) atoms. The van der Waals surface area contributed by atoms with Gasteiger partial charge in [0.05, 0.1) is 11.5 Å². The van der Waals surface area contributed by atoms with Crippen molar-refractivity contribution < 1.29 is 4.79 Å². The Hall–Kier alpha value is -2.64. The van der Waals surface area contributed by atoms with Gasteiger partial charge in [-0.3, -0.25) is 4.79 Å². The van der Waals surface area contributed by atoms with Crippen LogP contribution in [-0.2, 0) is 11.3 Å². The number of aromatic nitrogens is 3. The molecule has 0 atom stereocenters. The molecule has 144 valence electrons. The van der Waals surface area contributed by atoms with E-state index in [0.29, 0.717) is 16.7 Å². The predicted molar refractivity (Wildman–Crippen MR) is 114 cm³/mol. The Kier molecular flexibility index (Phi) is 6.84. The second-order valence-electron chi connectivity index (χ2n) is 5.94. The fourth-order valence-corrected chi connectivity index (χ4v) is 3.47. The Morgan fingerprint density at radius 2 is 1.86 bits per heavy atom. The van der Waals surface area contributed by atoms with Crippen LogP contribution in [0.3, 0.4) is 0 Å². The highest BCUT2D eigenvalue weighted by Crippen LogP contribution is 2.25. The van der Waals surface area contributed by atoms with E-state index in [2.05, 4.69) is 20.7 Å². The first-order chi connectivity index (χ1) is 13.6. The summed E-state index contributed by atoms with van der Waals surface area (Å²) in [5.74, 6) is 0.753. The van der Waals surface area contributed by atoms with Gasteiger partial charge in [-0.25, -0.2) is 5.43 Å². The van der Waals surface area contributed by atoms with Crippen LogP contribution in [0.25, 0.3) is 11.4 Å². The van der Waals surface area contributed by atoms with Crippen LogP contribution >= 0.6 is 23.4 Å². The SMILES string of the molecule is CCn1c(SCC(=O)N/N=C(/C)c2ccccc2)nnc1-c1ccc(Cl)cc1. The first-order valence-corrected chi connectivity index (χ1v) is 10.2. The van der Waals surface area contributed by atoms with Gasteiger partial charge in [0.2, 0.25) is 0 Å². The zero-order valence-corrected chi connectivity index (χ0v) is 17.2. The molecule has 0 bridgehead atoms. The molecule has 1 heterocycles. The van der Waals surface area contributed by atoms with Crippen molar-refractivity contribution >= 4 is 35.0 Å². The molecular formula is C20H20ClN5OS. The third kappa shape index (κ3) is 4.99. The Balaban J connectivity index is 1.63. The van der Waals surface area contributed by atoms with Gasteiger partial charge in [-0.1, -0.05) is 53.7 Å². The van der Waals surface area contributed by atoms with E-state index in [1.165, 1.54) is 11.8 Å². The van der Waals surface area contributed by atoms with Gasteiger partial charge in [0.25, 0.3) is 5.91 Å². The van der Waals surface area contributed by atoms with Crippen molar-refractivity contribution in [2.24, 2.45) is 5.10 Å². The molecule has 0 fully saturated rings. The van der Waals surface area contributed by atoms with Crippen molar-refractivity contribution in [1.29, 1.82) is 0 Å². The van der Waals surface area contributed by atoms with Crippen LogP contribution < -0.4 is 5.43 Å². The van der Waals surface area contributed by atoms with E-state index in [9.17, 15) is 4.79 Å². The lowest BCUT2D eigenvalue weighted by atomic mass is 10.1. The molecule has 0 aliphatic carbocycles. The monoisotopic (exact) mass is 413 g/mol. The van der Waals surface area contributed by atoms with Crippen LogP contribution in [0.15, 0.2) is 64.9 Å². The maximum atomic E-state index is 12.2. The summed E-state index contributed by atoms with van der Waals surface area (Å²) in [4.78, 5) is 12.2. The first-order valence-electron chi connectivity index (χ1n) is 8.79. The van der Waals surface area contributed by atoms with E-state index in [4.69, 9.17) is 11.6 Å². The first kappa shape index (κ1) is 20.1. The summed E-state index contributed by atoms with van der Waals surface area (Å²) >= 11 is 7.28. The van der Waals surface area contributed by atoms with E-state index < -0.39 is 0 Å². The average Bonchev–Trinajstić information content (AvgIpc) is 3.14. The number of benzene rings is 2. The van der Waals surface area contributed by atoms with Crippen LogP contribution in [0.4, 0.5) is 0 Å². The summed E-state index contributed by atoms with van der Waals surface area (Å²) in [7, 11) is 0. The fourth-order valence-electron chi connectivity index (χ4n) is 2.55. The van der Waals surface area contributed by atoms with Crippen LogP contribution in [0, 0.1) is 0 Å². The molecule has 1 aromatic heterocycles. The molecule has 0 unspecified atom stereocenters. The number of carbonyl (C=O) groups excluding carboxylic acids is 1. The van der Waals surface area contributed by atoms with Crippen molar-refractivity contribution in [2.45, 2.75) is 25.5 Å². The van der Waals surface area contributed by atoms with Gasteiger partial charge in [0.1, 0.15) is 0 Å². The number of amides is 1. The van der Waals surface area contributed by atoms with Gasteiger partial charge in [-0.05, 0) is 43.7 Å². The number of rotatable bonds is 7. The molecule has 0 spiro atoms. The molecule has 1 N–H and O–H groups in total. The Morgan fingerprint density at radius 1 is 1.14 bits per heavy atom. The number of hydrazone groups is 1. The van der Waals surface area contributed by atoms with Crippen molar-refractivity contribution in [1.82, 2.24) is 20.2 Å². The molecule has 1 amide bonds. The Morgan fingerprint density at radius 3 is 2.54 bits per heavy atom. The molecule has 3 rings (SSSR count). The van der Waals surface area contributed by atoms with Gasteiger partial charge < -0.3 is 4.57 Å². The van der Waals surface area contributed by atoms with Gasteiger partial charge in [0, 0.05) is 17.1 Å². The Labute approximate surface area is 173 Å². The van der Waals surface area contributed by atoms with E-state index in [-0.39, 0.29) is 11.7 Å². The van der Waals surface area contributed by atoms with E-state index in [1.54, 1.807) is 0 Å². The van der Waals surface area contributed by atoms with Crippen LogP contribution in [0.5, 0.6) is 0 Å². The topological polar surface area (TPSA) is 72.2 Å². The second kappa shape index (κ2) is 9.52. The minimum Gasteiger partial charge on any atom is -0.302 e. The highest BCUT2D eigenvalue weighted by Gasteiger charge is 2.14. The molecule has 0 saturated carbocycles. The number of thioether (sulfide) groups is 1. The summed E-state index contributed by atoms with van der Waals surface area (Å²) in [6.45, 7) is 4.56. The molecule has 6 nitrogen and oxygen atoms in total. The number of halogens is 1. The van der Waals surface area contributed by atoms with Crippen LogP contribution in [-0.4, -0.2) is 32.1 Å². The molecule has 8 heteroatoms. The molecule has 0 aliphatic heterocycles. The summed E-state index contributed by atoms with van der Waals surface area (Å²) in [5, 5.41) is 14.0. The van der Waals surface area contributed by atoms with E-state index in [0.717, 1.165) is 22.7 Å². The maximum Gasteiger partial charge on any atom is 0.250 e. The van der Waals surface area contributed by atoms with Gasteiger partial charge in [0.15, 0.2) is 11.0 Å². The smallest absolute Gasteiger partial charge is 0.250 e. The number of nitrogens with zero attached hydrogens (tertiary/aromatic N) is 4. The number of hydrogen-bond acceptors (Lipinski definition) is 5. The van der Waals surface area contributed by atoms with E-state index in [1.807, 2.05) is 73.0 Å². The summed E-state index contributed by atoms with van der Waals surface area (Å²) < 4.78 is 1.97. The predicted octanol–water partition coefficient (Wildman–Crippen LogP) is 4.25. The van der Waals surface area contributed by atoms with E-state index >= 15 is 0 Å². The molecular weight excluding hydrogens is 394 g/mol. The van der Waals surface area contributed by atoms with Crippen molar-refractivity contribution in [2.75, 3.05) is 5.75 Å². The second-order valence-corrected chi connectivity index (χ2v) is 7.32. The lowest BCUT2D eigenvalue weighted by molar-refractivity contribution is -0.118. The summed E-state index contributed by atoms with van der Waals surface area (Å²) in [6, 6.07) is 17.1. The third-order valence-corrected chi connectivity index (χ3v) is 5.23. The van der Waals surface area contributed by atoms with Crippen molar-refractivity contribution in [3.05, 3.63) is 65.2 Å². The lowest BCUT2D eigenvalue weighted by Crippen LogP contribution is -2.21. The maximum absolute atomic E-state index is 12.2. The highest BCUT2D eigenvalue weighted by atomic mass is 35.5. The fraction of sp³-hybridized carbons (Fsp3) is 0.200. The van der Waals surface area contributed by atoms with Crippen LogP contribution in [0.1, 0.15) is 19.4 Å². The van der Waals surface area contributed by atoms with Gasteiger partial charge >= 0.3 is 0 Å². The van der Waals surface area contributed by atoms with Crippen LogP contribution in [0.2, 0.25) is 5.02 Å². The standard InChI is InChI=1S/C20H20ClN5OS/c1-3-26-19(16-9-11-17(21)12-10-16)24-25-20(26)28-13-18(27)23-22-14(2)15-7-5-4-6-8-15/h4-12H,3,13H2,1-2H3,(H,23,27)/b22-14-. The summed E-state index contributed by atoms with van der Waals surface area (Å²) in [6.07, 6.45) is 0. The average molecular weight is 414 g/mol. The molecule has 0 saturated heterocycles. The van der Waals surface area contributed by atoms with Gasteiger partial charge in [-0.15, -0.1) is 10.2 Å². The van der Waals surface area contributed by atoms with Crippen molar-refractivity contribution in [3.8, 4) is 11.4 Å².